The van der Waals surface area contributed by atoms with Crippen molar-refractivity contribution in [3.8, 4) is 11.8 Å². The molecule has 0 bridgehead atoms. The Balaban J connectivity index is 2.22. The number of hydrogen-bond acceptors (Lipinski definition) is 2. The molecule has 0 aliphatic heterocycles. The molecular weight excluding hydrogens is 224 g/mol. The lowest BCUT2D eigenvalue weighted by Gasteiger charge is -2.01. The number of carbonyl (C=O) groups excluding carboxylic acids is 1. The summed E-state index contributed by atoms with van der Waals surface area (Å²) in [5.41, 5.74) is 1.21. The molecule has 1 saturated carbocycles. The van der Waals surface area contributed by atoms with Crippen LogP contribution in [-0.4, -0.2) is 13.1 Å². The highest BCUT2D eigenvalue weighted by molar-refractivity contribution is 6.33. The summed E-state index contributed by atoms with van der Waals surface area (Å²) in [5, 5.41) is 0.384. The first-order valence-corrected chi connectivity index (χ1v) is 5.48. The Morgan fingerprint density at radius 2 is 2.25 bits per heavy atom. The summed E-state index contributed by atoms with van der Waals surface area (Å²) in [6.45, 7) is 0. The number of esters is 1. The Labute approximate surface area is 99.6 Å². The second-order valence-corrected chi connectivity index (χ2v) is 4.14. The first-order chi connectivity index (χ1) is 7.70. The third-order valence-corrected chi connectivity index (χ3v) is 2.69. The molecule has 2 nitrogen and oxygen atoms in total. The highest BCUT2D eigenvalue weighted by atomic mass is 35.5. The monoisotopic (exact) mass is 234 g/mol. The normalized spacial score (nSPS) is 13.9. The summed E-state index contributed by atoms with van der Waals surface area (Å²) in [7, 11) is 1.33. The van der Waals surface area contributed by atoms with E-state index < -0.39 is 5.97 Å². The Morgan fingerprint density at radius 1 is 1.50 bits per heavy atom. The van der Waals surface area contributed by atoms with Crippen LogP contribution >= 0.6 is 11.6 Å². The largest absolute Gasteiger partial charge is 0.465 e. The highest BCUT2D eigenvalue weighted by Gasteiger charge is 2.17. The number of ether oxygens (including phenoxy) is 1. The molecule has 2 rings (SSSR count). The minimum atomic E-state index is -0.424. The van der Waals surface area contributed by atoms with E-state index in [1.807, 2.05) is 0 Å². The lowest BCUT2D eigenvalue weighted by Crippen LogP contribution is -2.01. The molecule has 0 saturated heterocycles. The summed E-state index contributed by atoms with van der Waals surface area (Å²) in [6, 6.07) is 5.13. The van der Waals surface area contributed by atoms with E-state index in [1.165, 1.54) is 20.0 Å². The van der Waals surface area contributed by atoms with E-state index in [2.05, 4.69) is 16.6 Å². The summed E-state index contributed by atoms with van der Waals surface area (Å²) in [6.07, 6.45) is 2.39. The van der Waals surface area contributed by atoms with E-state index in [4.69, 9.17) is 11.6 Å². The summed E-state index contributed by atoms with van der Waals surface area (Å²) < 4.78 is 4.61. The summed E-state index contributed by atoms with van der Waals surface area (Å²) in [4.78, 5) is 11.3. The molecular formula is C13H11ClO2. The quantitative estimate of drug-likeness (QED) is 0.552. The van der Waals surface area contributed by atoms with Crippen molar-refractivity contribution < 1.29 is 9.53 Å². The molecule has 0 aromatic heterocycles. The van der Waals surface area contributed by atoms with Gasteiger partial charge < -0.3 is 4.74 Å². The molecule has 0 unspecified atom stereocenters. The molecule has 0 radical (unpaired) electrons. The van der Waals surface area contributed by atoms with Crippen LogP contribution in [0.3, 0.4) is 0 Å². The van der Waals surface area contributed by atoms with Crippen LogP contribution in [0.4, 0.5) is 0 Å². The molecule has 1 aromatic carbocycles. The Bertz CT molecular complexity index is 478. The zero-order chi connectivity index (χ0) is 11.5. The summed E-state index contributed by atoms with van der Waals surface area (Å²) in [5.74, 6) is 6.31. The maximum atomic E-state index is 11.3. The third kappa shape index (κ3) is 2.56. The first kappa shape index (κ1) is 11.0. The van der Waals surface area contributed by atoms with Gasteiger partial charge in [0, 0.05) is 11.5 Å². The molecule has 1 aromatic rings. The van der Waals surface area contributed by atoms with E-state index in [0.29, 0.717) is 16.5 Å². The SMILES string of the molecule is COC(=O)c1ccc(C#CC2CC2)cc1Cl. The van der Waals surface area contributed by atoms with Crippen molar-refractivity contribution in [3.63, 3.8) is 0 Å². The van der Waals surface area contributed by atoms with Crippen molar-refractivity contribution in [1.29, 1.82) is 0 Å². The van der Waals surface area contributed by atoms with Crippen molar-refractivity contribution in [2.24, 2.45) is 5.92 Å². The van der Waals surface area contributed by atoms with Gasteiger partial charge in [0.25, 0.3) is 0 Å². The molecule has 0 spiro atoms. The smallest absolute Gasteiger partial charge is 0.339 e. The van der Waals surface area contributed by atoms with Gasteiger partial charge in [0.05, 0.1) is 17.7 Å². The van der Waals surface area contributed by atoms with E-state index in [-0.39, 0.29) is 0 Å². The van der Waals surface area contributed by atoms with Crippen molar-refractivity contribution in [1.82, 2.24) is 0 Å². The minimum Gasteiger partial charge on any atom is -0.465 e. The van der Waals surface area contributed by atoms with Crippen LogP contribution in [0.2, 0.25) is 5.02 Å². The second kappa shape index (κ2) is 4.59. The van der Waals surface area contributed by atoms with Crippen LogP contribution in [0.5, 0.6) is 0 Å². The van der Waals surface area contributed by atoms with E-state index >= 15 is 0 Å². The summed E-state index contributed by atoms with van der Waals surface area (Å²) >= 11 is 5.97. The van der Waals surface area contributed by atoms with Gasteiger partial charge in [-0.2, -0.15) is 0 Å². The molecule has 0 atom stereocenters. The van der Waals surface area contributed by atoms with E-state index in [1.54, 1.807) is 18.2 Å². The molecule has 0 N–H and O–H groups in total. The first-order valence-electron chi connectivity index (χ1n) is 5.10. The fourth-order valence-corrected chi connectivity index (χ4v) is 1.54. The molecule has 1 fully saturated rings. The molecule has 16 heavy (non-hydrogen) atoms. The van der Waals surface area contributed by atoms with Crippen molar-refractivity contribution in [2.45, 2.75) is 12.8 Å². The number of rotatable bonds is 1. The van der Waals surface area contributed by atoms with Gasteiger partial charge in [-0.1, -0.05) is 23.4 Å². The molecule has 1 aliphatic rings. The maximum absolute atomic E-state index is 11.3. The molecule has 1 aliphatic carbocycles. The number of hydrogen-bond donors (Lipinski definition) is 0. The predicted octanol–water partition coefficient (Wildman–Crippen LogP) is 2.89. The van der Waals surface area contributed by atoms with Gasteiger partial charge in [-0.15, -0.1) is 0 Å². The van der Waals surface area contributed by atoms with Crippen LogP contribution in [0.15, 0.2) is 18.2 Å². The van der Waals surface area contributed by atoms with Gasteiger partial charge in [0.2, 0.25) is 0 Å². The number of benzene rings is 1. The average Bonchev–Trinajstić information content (AvgIpc) is 3.09. The van der Waals surface area contributed by atoms with Crippen LogP contribution in [0.25, 0.3) is 0 Å². The van der Waals surface area contributed by atoms with Crippen molar-refractivity contribution in [3.05, 3.63) is 34.3 Å². The van der Waals surface area contributed by atoms with Crippen LogP contribution in [0.1, 0.15) is 28.8 Å². The number of methoxy groups -OCH3 is 1. The molecule has 82 valence electrons. The lowest BCUT2D eigenvalue weighted by atomic mass is 10.1. The average molecular weight is 235 g/mol. The molecule has 0 amide bonds. The van der Waals surface area contributed by atoms with Gasteiger partial charge >= 0.3 is 5.97 Å². The second-order valence-electron chi connectivity index (χ2n) is 3.73. The van der Waals surface area contributed by atoms with Gasteiger partial charge in [0.1, 0.15) is 0 Å². The zero-order valence-electron chi connectivity index (χ0n) is 8.92. The van der Waals surface area contributed by atoms with Crippen molar-refractivity contribution in [2.75, 3.05) is 7.11 Å². The van der Waals surface area contributed by atoms with Gasteiger partial charge in [-0.05, 0) is 31.0 Å². The Hall–Kier alpha value is -1.46. The van der Waals surface area contributed by atoms with Gasteiger partial charge in [-0.3, -0.25) is 0 Å². The fraction of sp³-hybridized carbons (Fsp3) is 0.308. The topological polar surface area (TPSA) is 26.3 Å². The van der Waals surface area contributed by atoms with Crippen LogP contribution < -0.4 is 0 Å². The molecule has 0 heterocycles. The zero-order valence-corrected chi connectivity index (χ0v) is 9.67. The standard InChI is InChI=1S/C13H11ClO2/c1-16-13(15)11-7-6-10(8-12(11)14)5-4-9-2-3-9/h6-9H,2-3H2,1H3. The Morgan fingerprint density at radius 3 is 2.81 bits per heavy atom. The van der Waals surface area contributed by atoms with E-state index in [9.17, 15) is 4.79 Å². The van der Waals surface area contributed by atoms with Crippen molar-refractivity contribution >= 4 is 17.6 Å². The van der Waals surface area contributed by atoms with E-state index in [0.717, 1.165) is 5.56 Å². The van der Waals surface area contributed by atoms with Crippen LogP contribution in [-0.2, 0) is 4.74 Å². The predicted molar refractivity (Wildman–Crippen MR) is 62.4 cm³/mol. The lowest BCUT2D eigenvalue weighted by molar-refractivity contribution is 0.0601. The third-order valence-electron chi connectivity index (χ3n) is 2.37. The van der Waals surface area contributed by atoms with Crippen LogP contribution in [0, 0.1) is 17.8 Å². The highest BCUT2D eigenvalue weighted by Crippen LogP contribution is 2.27. The number of halogens is 1. The minimum absolute atomic E-state index is 0.376. The van der Waals surface area contributed by atoms with Gasteiger partial charge in [0.15, 0.2) is 0 Å². The molecule has 3 heteroatoms. The Kier molecular flexibility index (Phi) is 3.17. The number of carbonyl (C=O) groups is 1. The fourth-order valence-electron chi connectivity index (χ4n) is 1.28. The maximum Gasteiger partial charge on any atom is 0.339 e. The van der Waals surface area contributed by atoms with Gasteiger partial charge in [-0.25, -0.2) is 4.79 Å².